The summed E-state index contributed by atoms with van der Waals surface area (Å²) in [6.45, 7) is 0.475. The minimum Gasteiger partial charge on any atom is -0.330 e. The van der Waals surface area contributed by atoms with Crippen LogP contribution in [0, 0.1) is 5.41 Å². The molecule has 84 valence electrons. The summed E-state index contributed by atoms with van der Waals surface area (Å²) in [6, 6.07) is 0. The van der Waals surface area contributed by atoms with E-state index in [1.165, 1.54) is 6.42 Å². The molecular weight excluding hydrogens is 205 g/mol. The summed E-state index contributed by atoms with van der Waals surface area (Å²) in [4.78, 5) is 0. The fourth-order valence-corrected chi connectivity index (χ4v) is 2.87. The van der Waals surface area contributed by atoms with Crippen molar-refractivity contribution in [2.24, 2.45) is 11.1 Å². The fraction of sp³-hybridized carbons (Fsp3) is 1.00. The molecule has 0 aromatic heterocycles. The number of nitrogens with two attached hydrogens (primary N) is 1. The molecule has 5 heteroatoms. The first-order chi connectivity index (χ1) is 6.47. The van der Waals surface area contributed by atoms with Crippen LogP contribution in [0.15, 0.2) is 0 Å². The Labute approximate surface area is 85.1 Å². The highest BCUT2D eigenvalue weighted by Crippen LogP contribution is 2.38. The molecule has 14 heavy (non-hydrogen) atoms. The molecule has 2 N–H and O–H groups in total. The maximum Gasteiger partial charge on any atom is 0.302 e. The molecule has 1 rings (SSSR count). The summed E-state index contributed by atoms with van der Waals surface area (Å²) in [5, 5.41) is 0. The zero-order chi connectivity index (χ0) is 10.7. The highest BCUT2D eigenvalue weighted by atomic mass is 32.3. The number of halogens is 1. The van der Waals surface area contributed by atoms with Gasteiger partial charge in [0.25, 0.3) is 0 Å². The monoisotopic (exact) mass is 223 g/mol. The fourth-order valence-electron chi connectivity index (χ4n) is 2.20. The van der Waals surface area contributed by atoms with Crippen LogP contribution in [0.5, 0.6) is 0 Å². The largest absolute Gasteiger partial charge is 0.330 e. The van der Waals surface area contributed by atoms with Crippen LogP contribution < -0.4 is 5.73 Å². The second-order valence-electron chi connectivity index (χ2n) is 4.26. The summed E-state index contributed by atoms with van der Waals surface area (Å²) in [5.41, 5.74) is 5.54. The van der Waals surface area contributed by atoms with Gasteiger partial charge in [0.2, 0.25) is 0 Å². The Hall–Kier alpha value is -0.160. The van der Waals surface area contributed by atoms with E-state index in [2.05, 4.69) is 0 Å². The van der Waals surface area contributed by atoms with Crippen LogP contribution in [0.2, 0.25) is 0 Å². The average Bonchev–Trinajstić information content (AvgIpc) is 2.15. The molecule has 1 aliphatic rings. The van der Waals surface area contributed by atoms with Crippen LogP contribution >= 0.6 is 0 Å². The Balaban J connectivity index is 2.52. The first kappa shape index (κ1) is 11.9. The molecule has 0 bridgehead atoms. The van der Waals surface area contributed by atoms with Gasteiger partial charge in [0.15, 0.2) is 0 Å². The van der Waals surface area contributed by atoms with Gasteiger partial charge in [0.1, 0.15) is 0 Å². The van der Waals surface area contributed by atoms with Crippen LogP contribution in [-0.4, -0.2) is 20.7 Å². The zero-order valence-corrected chi connectivity index (χ0v) is 9.15. The standard InChI is InChI=1S/C9H18FNO2S/c10-14(12,13)7-6-9(8-11)4-2-1-3-5-9/h1-8,11H2. The minimum absolute atomic E-state index is 0.114. The summed E-state index contributed by atoms with van der Waals surface area (Å²) < 4.78 is 33.2. The Kier molecular flexibility index (Phi) is 3.89. The second kappa shape index (κ2) is 4.57. The Bertz CT molecular complexity index is 271. The van der Waals surface area contributed by atoms with Crippen molar-refractivity contribution in [3.05, 3.63) is 0 Å². The number of hydrogen-bond donors (Lipinski definition) is 1. The smallest absolute Gasteiger partial charge is 0.302 e. The van der Waals surface area contributed by atoms with Crippen molar-refractivity contribution < 1.29 is 12.3 Å². The molecule has 0 unspecified atom stereocenters. The molecular formula is C9H18FNO2S. The van der Waals surface area contributed by atoms with Crippen molar-refractivity contribution in [1.82, 2.24) is 0 Å². The lowest BCUT2D eigenvalue weighted by molar-refractivity contribution is 0.191. The maximum atomic E-state index is 12.4. The lowest BCUT2D eigenvalue weighted by Gasteiger charge is -2.35. The van der Waals surface area contributed by atoms with E-state index in [-0.39, 0.29) is 11.2 Å². The third-order valence-corrected chi connectivity index (χ3v) is 3.92. The van der Waals surface area contributed by atoms with E-state index in [4.69, 9.17) is 5.73 Å². The van der Waals surface area contributed by atoms with Gasteiger partial charge in [-0.15, -0.1) is 3.89 Å². The quantitative estimate of drug-likeness (QED) is 0.736. The first-order valence-electron chi connectivity index (χ1n) is 5.10. The van der Waals surface area contributed by atoms with Crippen LogP contribution in [0.1, 0.15) is 38.5 Å². The normalized spacial score (nSPS) is 22.1. The molecule has 0 atom stereocenters. The van der Waals surface area contributed by atoms with Crippen molar-refractivity contribution in [3.63, 3.8) is 0 Å². The Morgan fingerprint density at radius 2 is 1.79 bits per heavy atom. The van der Waals surface area contributed by atoms with Crippen molar-refractivity contribution in [3.8, 4) is 0 Å². The summed E-state index contributed by atoms with van der Waals surface area (Å²) in [7, 11) is -4.33. The molecule has 0 aromatic carbocycles. The molecule has 1 fully saturated rings. The van der Waals surface area contributed by atoms with E-state index in [1.54, 1.807) is 0 Å². The summed E-state index contributed by atoms with van der Waals surface area (Å²) in [5.74, 6) is -0.371. The van der Waals surface area contributed by atoms with Crippen molar-refractivity contribution >= 4 is 10.2 Å². The van der Waals surface area contributed by atoms with Crippen molar-refractivity contribution in [2.45, 2.75) is 38.5 Å². The van der Waals surface area contributed by atoms with Gasteiger partial charge >= 0.3 is 10.2 Å². The molecule has 0 amide bonds. The van der Waals surface area contributed by atoms with Crippen LogP contribution in [0.3, 0.4) is 0 Å². The molecule has 1 aliphatic carbocycles. The third-order valence-electron chi connectivity index (χ3n) is 3.22. The van der Waals surface area contributed by atoms with E-state index >= 15 is 0 Å². The number of rotatable bonds is 4. The van der Waals surface area contributed by atoms with Gasteiger partial charge in [-0.2, -0.15) is 8.42 Å². The van der Waals surface area contributed by atoms with Gasteiger partial charge in [-0.1, -0.05) is 19.3 Å². The molecule has 0 aliphatic heterocycles. The lowest BCUT2D eigenvalue weighted by Crippen LogP contribution is -2.34. The van der Waals surface area contributed by atoms with E-state index in [0.717, 1.165) is 25.7 Å². The van der Waals surface area contributed by atoms with Gasteiger partial charge in [0, 0.05) is 0 Å². The molecule has 0 aromatic rings. The first-order valence-corrected chi connectivity index (χ1v) is 6.65. The van der Waals surface area contributed by atoms with E-state index in [9.17, 15) is 12.3 Å². The number of hydrogen-bond acceptors (Lipinski definition) is 3. The molecule has 0 saturated heterocycles. The molecule has 3 nitrogen and oxygen atoms in total. The van der Waals surface area contributed by atoms with Gasteiger partial charge in [-0.25, -0.2) is 0 Å². The minimum atomic E-state index is -4.33. The average molecular weight is 223 g/mol. The SMILES string of the molecule is NCC1(CCS(=O)(=O)F)CCCCC1. The maximum absolute atomic E-state index is 12.4. The predicted octanol–water partition coefficient (Wildman–Crippen LogP) is 1.58. The van der Waals surface area contributed by atoms with Crippen LogP contribution in [0.25, 0.3) is 0 Å². The lowest BCUT2D eigenvalue weighted by atomic mass is 9.72. The van der Waals surface area contributed by atoms with Gasteiger partial charge in [-0.05, 0) is 31.2 Å². The molecule has 0 radical (unpaired) electrons. The van der Waals surface area contributed by atoms with Crippen molar-refractivity contribution in [2.75, 3.05) is 12.3 Å². The predicted molar refractivity (Wildman–Crippen MR) is 54.1 cm³/mol. The molecule has 0 heterocycles. The van der Waals surface area contributed by atoms with Crippen LogP contribution in [0.4, 0.5) is 3.89 Å². The van der Waals surface area contributed by atoms with E-state index in [0.29, 0.717) is 13.0 Å². The Morgan fingerprint density at radius 1 is 1.21 bits per heavy atom. The van der Waals surface area contributed by atoms with Crippen LogP contribution in [-0.2, 0) is 10.2 Å². The van der Waals surface area contributed by atoms with Gasteiger partial charge < -0.3 is 5.73 Å². The zero-order valence-electron chi connectivity index (χ0n) is 8.34. The molecule has 0 spiro atoms. The second-order valence-corrected chi connectivity index (χ2v) is 5.74. The highest BCUT2D eigenvalue weighted by molar-refractivity contribution is 7.86. The van der Waals surface area contributed by atoms with Gasteiger partial charge in [-0.3, -0.25) is 0 Å². The Morgan fingerprint density at radius 3 is 2.21 bits per heavy atom. The molecule has 1 saturated carbocycles. The topological polar surface area (TPSA) is 60.2 Å². The third kappa shape index (κ3) is 3.53. The highest BCUT2D eigenvalue weighted by Gasteiger charge is 2.31. The summed E-state index contributed by atoms with van der Waals surface area (Å²) >= 11 is 0. The van der Waals surface area contributed by atoms with E-state index in [1.807, 2.05) is 0 Å². The van der Waals surface area contributed by atoms with Crippen molar-refractivity contribution in [1.29, 1.82) is 0 Å². The van der Waals surface area contributed by atoms with E-state index < -0.39 is 10.2 Å². The summed E-state index contributed by atoms with van der Waals surface area (Å²) in [6.07, 6.45) is 5.62. The van der Waals surface area contributed by atoms with Gasteiger partial charge in [0.05, 0.1) is 5.75 Å².